The molecule has 0 amide bonds. The Morgan fingerprint density at radius 2 is 1.96 bits per heavy atom. The average molecular weight is 326 g/mol. The van der Waals surface area contributed by atoms with Crippen molar-refractivity contribution in [3.8, 4) is 0 Å². The van der Waals surface area contributed by atoms with Crippen molar-refractivity contribution < 1.29 is 4.42 Å². The van der Waals surface area contributed by atoms with Crippen molar-refractivity contribution >= 4 is 17.6 Å². The number of allylic oxidation sites excluding steroid dienone is 3. The number of furan rings is 1. The SMILES string of the molecule is C1=CC2C=C(c3ccco3)N=C2C2=C1C(CCc1ccccc1)N=C2. The van der Waals surface area contributed by atoms with Gasteiger partial charge in [0.1, 0.15) is 5.70 Å². The number of benzene rings is 1. The van der Waals surface area contributed by atoms with Crippen LogP contribution in [-0.2, 0) is 6.42 Å². The van der Waals surface area contributed by atoms with Crippen molar-refractivity contribution in [3.05, 3.63) is 89.4 Å². The van der Waals surface area contributed by atoms with E-state index in [-0.39, 0.29) is 12.0 Å². The molecule has 1 aromatic carbocycles. The predicted octanol–water partition coefficient (Wildman–Crippen LogP) is 4.64. The molecule has 2 unspecified atom stereocenters. The lowest BCUT2D eigenvalue weighted by Gasteiger charge is -2.17. The first-order chi connectivity index (χ1) is 12.4. The zero-order valence-corrected chi connectivity index (χ0v) is 13.8. The Morgan fingerprint density at radius 1 is 1.04 bits per heavy atom. The minimum atomic E-state index is 0.234. The van der Waals surface area contributed by atoms with E-state index in [1.807, 2.05) is 18.3 Å². The van der Waals surface area contributed by atoms with Crippen LogP contribution in [0.2, 0.25) is 0 Å². The van der Waals surface area contributed by atoms with Crippen molar-refractivity contribution in [2.45, 2.75) is 18.9 Å². The van der Waals surface area contributed by atoms with E-state index in [0.29, 0.717) is 0 Å². The van der Waals surface area contributed by atoms with Crippen molar-refractivity contribution in [2.75, 3.05) is 0 Å². The second-order valence-electron chi connectivity index (χ2n) is 6.60. The number of hydrogen-bond acceptors (Lipinski definition) is 3. The van der Waals surface area contributed by atoms with E-state index in [9.17, 15) is 0 Å². The molecule has 0 spiro atoms. The molecule has 0 radical (unpaired) electrons. The third-order valence-electron chi connectivity index (χ3n) is 5.03. The number of aryl methyl sites for hydroxylation is 1. The van der Waals surface area contributed by atoms with Crippen molar-refractivity contribution in [2.24, 2.45) is 15.9 Å². The average Bonchev–Trinajstić information content (AvgIpc) is 3.38. The lowest BCUT2D eigenvalue weighted by molar-refractivity contribution is 0.552. The van der Waals surface area contributed by atoms with Crippen LogP contribution in [0, 0.1) is 5.92 Å². The van der Waals surface area contributed by atoms with Gasteiger partial charge in [0.2, 0.25) is 0 Å². The standard InChI is InChI=1S/C22H18N2O/c1-2-5-15(6-3-1)8-11-19-17-10-9-16-13-20(21-7-4-12-25-21)24-22(16)18(17)14-23-19/h1-7,9-10,12-14,16,19H,8,11H2. The Balaban J connectivity index is 1.38. The highest BCUT2D eigenvalue weighted by molar-refractivity contribution is 6.24. The van der Waals surface area contributed by atoms with E-state index in [1.54, 1.807) is 6.26 Å². The molecule has 25 heavy (non-hydrogen) atoms. The second kappa shape index (κ2) is 5.85. The summed E-state index contributed by atoms with van der Waals surface area (Å²) in [7, 11) is 0. The van der Waals surface area contributed by atoms with E-state index in [0.717, 1.165) is 30.0 Å². The molecule has 3 nitrogen and oxygen atoms in total. The summed E-state index contributed by atoms with van der Waals surface area (Å²) in [5, 5.41) is 0. The van der Waals surface area contributed by atoms with Crippen LogP contribution in [0.1, 0.15) is 17.7 Å². The maximum atomic E-state index is 5.49. The van der Waals surface area contributed by atoms with Gasteiger partial charge in [-0.15, -0.1) is 0 Å². The van der Waals surface area contributed by atoms with Crippen LogP contribution in [0.3, 0.4) is 0 Å². The molecule has 1 aromatic heterocycles. The summed E-state index contributed by atoms with van der Waals surface area (Å²) < 4.78 is 5.49. The van der Waals surface area contributed by atoms with Crippen LogP contribution < -0.4 is 0 Å². The molecule has 2 aliphatic heterocycles. The first kappa shape index (κ1) is 14.4. The van der Waals surface area contributed by atoms with Crippen LogP contribution in [0.5, 0.6) is 0 Å². The predicted molar refractivity (Wildman–Crippen MR) is 101 cm³/mol. The molecule has 0 bridgehead atoms. The summed E-state index contributed by atoms with van der Waals surface area (Å²) in [6.07, 6.45) is 12.4. The maximum absolute atomic E-state index is 5.49. The molecular formula is C22H18N2O. The lowest BCUT2D eigenvalue weighted by atomic mass is 9.86. The number of nitrogens with zero attached hydrogens (tertiary/aromatic N) is 2. The van der Waals surface area contributed by atoms with Gasteiger partial charge in [0.15, 0.2) is 5.76 Å². The van der Waals surface area contributed by atoms with Crippen LogP contribution in [0.4, 0.5) is 0 Å². The fourth-order valence-electron chi connectivity index (χ4n) is 3.74. The van der Waals surface area contributed by atoms with E-state index in [4.69, 9.17) is 14.4 Å². The van der Waals surface area contributed by atoms with E-state index < -0.39 is 0 Å². The third kappa shape index (κ3) is 2.52. The van der Waals surface area contributed by atoms with Gasteiger partial charge in [-0.3, -0.25) is 4.99 Å². The quantitative estimate of drug-likeness (QED) is 0.806. The minimum Gasteiger partial charge on any atom is -0.463 e. The summed E-state index contributed by atoms with van der Waals surface area (Å²) in [5.41, 5.74) is 5.90. The van der Waals surface area contributed by atoms with Gasteiger partial charge >= 0.3 is 0 Å². The highest BCUT2D eigenvalue weighted by Gasteiger charge is 2.32. The zero-order chi connectivity index (χ0) is 16.6. The van der Waals surface area contributed by atoms with Crippen molar-refractivity contribution in [3.63, 3.8) is 0 Å². The van der Waals surface area contributed by atoms with Crippen LogP contribution in [-0.4, -0.2) is 18.0 Å². The Morgan fingerprint density at radius 3 is 2.80 bits per heavy atom. The molecule has 122 valence electrons. The van der Waals surface area contributed by atoms with Gasteiger partial charge in [-0.1, -0.05) is 42.5 Å². The van der Waals surface area contributed by atoms with Gasteiger partial charge in [-0.2, -0.15) is 0 Å². The normalized spacial score (nSPS) is 23.5. The number of hydrogen-bond donors (Lipinski definition) is 0. The summed E-state index contributed by atoms with van der Waals surface area (Å²) in [6.45, 7) is 0. The molecule has 3 heterocycles. The van der Waals surface area contributed by atoms with Gasteiger partial charge in [0.25, 0.3) is 0 Å². The molecule has 3 heteroatoms. The van der Waals surface area contributed by atoms with Gasteiger partial charge < -0.3 is 4.42 Å². The van der Waals surface area contributed by atoms with E-state index >= 15 is 0 Å². The summed E-state index contributed by atoms with van der Waals surface area (Å²) in [4.78, 5) is 9.60. The van der Waals surface area contributed by atoms with Crippen molar-refractivity contribution in [1.29, 1.82) is 0 Å². The first-order valence-electron chi connectivity index (χ1n) is 8.72. The second-order valence-corrected chi connectivity index (χ2v) is 6.60. The molecule has 0 saturated carbocycles. The van der Waals surface area contributed by atoms with Crippen LogP contribution in [0.25, 0.3) is 5.70 Å². The van der Waals surface area contributed by atoms with Gasteiger partial charge in [-0.05, 0) is 42.2 Å². The summed E-state index contributed by atoms with van der Waals surface area (Å²) >= 11 is 0. The molecule has 3 aliphatic rings. The molecule has 0 saturated heterocycles. The minimum absolute atomic E-state index is 0.234. The Kier molecular flexibility index (Phi) is 3.37. The van der Waals surface area contributed by atoms with Gasteiger partial charge in [0, 0.05) is 17.7 Å². The molecule has 0 fully saturated rings. The smallest absolute Gasteiger partial charge is 0.151 e. The molecular weight excluding hydrogens is 308 g/mol. The first-order valence-corrected chi connectivity index (χ1v) is 8.72. The Hall–Kier alpha value is -2.94. The molecule has 5 rings (SSSR count). The van der Waals surface area contributed by atoms with Gasteiger partial charge in [0.05, 0.1) is 18.0 Å². The Bertz CT molecular complexity index is 943. The summed E-state index contributed by atoms with van der Waals surface area (Å²) in [5.74, 6) is 1.06. The molecule has 2 aromatic rings. The molecule has 2 atom stereocenters. The Labute approximate surface area is 146 Å². The van der Waals surface area contributed by atoms with Crippen LogP contribution in [0.15, 0.2) is 92.5 Å². The lowest BCUT2D eigenvalue weighted by Crippen LogP contribution is -2.17. The van der Waals surface area contributed by atoms with Crippen LogP contribution >= 0.6 is 0 Å². The zero-order valence-electron chi connectivity index (χ0n) is 13.8. The largest absolute Gasteiger partial charge is 0.463 e. The van der Waals surface area contributed by atoms with Crippen molar-refractivity contribution in [1.82, 2.24) is 0 Å². The van der Waals surface area contributed by atoms with E-state index in [2.05, 4.69) is 48.6 Å². The number of rotatable bonds is 4. The highest BCUT2D eigenvalue weighted by atomic mass is 16.3. The summed E-state index contributed by atoms with van der Waals surface area (Å²) in [6, 6.07) is 14.7. The monoisotopic (exact) mass is 326 g/mol. The maximum Gasteiger partial charge on any atom is 0.151 e. The highest BCUT2D eigenvalue weighted by Crippen LogP contribution is 2.36. The number of fused-ring (bicyclic) bond motifs is 2. The van der Waals surface area contributed by atoms with E-state index in [1.165, 1.54) is 16.7 Å². The third-order valence-corrected chi connectivity index (χ3v) is 5.03. The molecule has 0 N–H and O–H groups in total. The molecule has 1 aliphatic carbocycles. The fraction of sp³-hybridized carbons (Fsp3) is 0.182. The topological polar surface area (TPSA) is 37.9 Å². The number of aliphatic imine (C=N–C) groups is 2. The van der Waals surface area contributed by atoms with Gasteiger partial charge in [-0.25, -0.2) is 4.99 Å². The fourth-order valence-corrected chi connectivity index (χ4v) is 3.74.